The van der Waals surface area contributed by atoms with Gasteiger partial charge in [-0.25, -0.2) is 4.39 Å². The monoisotopic (exact) mass is 358 g/mol. The summed E-state index contributed by atoms with van der Waals surface area (Å²) in [6.45, 7) is 1.62. The summed E-state index contributed by atoms with van der Waals surface area (Å²) in [5.41, 5.74) is 7.59. The number of ether oxygens (including phenoxy) is 2. The van der Waals surface area contributed by atoms with Crippen LogP contribution < -0.4 is 15.8 Å². The Hall–Kier alpha value is -2.44. The lowest BCUT2D eigenvalue weighted by molar-refractivity contribution is -0.119. The molecule has 26 heavy (non-hydrogen) atoms. The quantitative estimate of drug-likeness (QED) is 0.832. The van der Waals surface area contributed by atoms with Gasteiger partial charge in [-0.05, 0) is 48.6 Å². The van der Waals surface area contributed by atoms with E-state index in [1.54, 1.807) is 36.4 Å². The van der Waals surface area contributed by atoms with Crippen molar-refractivity contribution in [2.24, 2.45) is 11.7 Å². The molecule has 3 N–H and O–H groups in total. The predicted molar refractivity (Wildman–Crippen MR) is 97.3 cm³/mol. The fourth-order valence-electron chi connectivity index (χ4n) is 2.93. The molecule has 0 saturated carbocycles. The number of amides is 1. The van der Waals surface area contributed by atoms with Gasteiger partial charge in [-0.3, -0.25) is 4.79 Å². The molecule has 1 saturated heterocycles. The minimum absolute atomic E-state index is 0.140. The lowest BCUT2D eigenvalue weighted by Gasteiger charge is -2.26. The SMILES string of the molecule is NC(C(=O)Nc1cccc(OCc2ccc(F)cc2)c1)C1CCOCC1. The van der Waals surface area contributed by atoms with E-state index in [1.807, 2.05) is 0 Å². The molecule has 1 amide bonds. The highest BCUT2D eigenvalue weighted by atomic mass is 19.1. The van der Waals surface area contributed by atoms with E-state index < -0.39 is 6.04 Å². The zero-order valence-corrected chi connectivity index (χ0v) is 14.5. The molecular weight excluding hydrogens is 335 g/mol. The van der Waals surface area contributed by atoms with Crippen molar-refractivity contribution in [1.82, 2.24) is 0 Å². The summed E-state index contributed by atoms with van der Waals surface area (Å²) in [5, 5.41) is 2.85. The number of halogens is 1. The van der Waals surface area contributed by atoms with Crippen molar-refractivity contribution >= 4 is 11.6 Å². The summed E-state index contributed by atoms with van der Waals surface area (Å²) in [7, 11) is 0. The molecule has 0 aromatic heterocycles. The van der Waals surface area contributed by atoms with E-state index in [2.05, 4.69) is 5.32 Å². The van der Waals surface area contributed by atoms with Crippen LogP contribution in [0.4, 0.5) is 10.1 Å². The molecule has 0 aliphatic carbocycles. The Morgan fingerprint density at radius 2 is 1.96 bits per heavy atom. The highest BCUT2D eigenvalue weighted by Crippen LogP contribution is 2.21. The third-order valence-electron chi connectivity index (χ3n) is 4.50. The summed E-state index contributed by atoms with van der Waals surface area (Å²) in [6, 6.07) is 12.7. The summed E-state index contributed by atoms with van der Waals surface area (Å²) >= 11 is 0. The number of hydrogen-bond donors (Lipinski definition) is 2. The van der Waals surface area contributed by atoms with Gasteiger partial charge in [0.1, 0.15) is 18.2 Å². The van der Waals surface area contributed by atoms with Crippen molar-refractivity contribution in [1.29, 1.82) is 0 Å². The van der Waals surface area contributed by atoms with Crippen molar-refractivity contribution in [3.63, 3.8) is 0 Å². The fraction of sp³-hybridized carbons (Fsp3) is 0.350. The van der Waals surface area contributed by atoms with Gasteiger partial charge in [0, 0.05) is 25.0 Å². The molecule has 2 aromatic rings. The highest BCUT2D eigenvalue weighted by Gasteiger charge is 2.26. The van der Waals surface area contributed by atoms with Crippen LogP contribution in [-0.2, 0) is 16.1 Å². The summed E-state index contributed by atoms with van der Waals surface area (Å²) in [6.07, 6.45) is 1.60. The number of nitrogens with two attached hydrogens (primary N) is 1. The number of rotatable bonds is 6. The molecule has 0 bridgehead atoms. The summed E-state index contributed by atoms with van der Waals surface area (Å²) in [4.78, 5) is 12.4. The standard InChI is InChI=1S/C20H23FN2O3/c21-16-6-4-14(5-7-16)13-26-18-3-1-2-17(12-18)23-20(24)19(22)15-8-10-25-11-9-15/h1-7,12,15,19H,8-11,13,22H2,(H,23,24). The van der Waals surface area contributed by atoms with Crippen LogP contribution in [0.5, 0.6) is 5.75 Å². The second kappa shape index (κ2) is 8.78. The van der Waals surface area contributed by atoms with Gasteiger partial charge in [-0.15, -0.1) is 0 Å². The predicted octanol–water partition coefficient (Wildman–Crippen LogP) is 3.10. The van der Waals surface area contributed by atoms with Crippen molar-refractivity contribution in [3.05, 3.63) is 59.9 Å². The van der Waals surface area contributed by atoms with Gasteiger partial charge in [-0.1, -0.05) is 18.2 Å². The van der Waals surface area contributed by atoms with Crippen LogP contribution >= 0.6 is 0 Å². The minimum atomic E-state index is -0.553. The van der Waals surface area contributed by atoms with Crippen LogP contribution in [0, 0.1) is 11.7 Å². The van der Waals surface area contributed by atoms with E-state index in [4.69, 9.17) is 15.2 Å². The average Bonchev–Trinajstić information content (AvgIpc) is 2.68. The first-order chi connectivity index (χ1) is 12.6. The van der Waals surface area contributed by atoms with E-state index >= 15 is 0 Å². The van der Waals surface area contributed by atoms with Gasteiger partial charge < -0.3 is 20.5 Å². The Morgan fingerprint density at radius 3 is 2.69 bits per heavy atom. The van der Waals surface area contributed by atoms with Crippen LogP contribution in [0.15, 0.2) is 48.5 Å². The molecule has 3 rings (SSSR count). The van der Waals surface area contributed by atoms with E-state index in [9.17, 15) is 9.18 Å². The van der Waals surface area contributed by atoms with Crippen molar-refractivity contribution in [2.45, 2.75) is 25.5 Å². The van der Waals surface area contributed by atoms with E-state index in [-0.39, 0.29) is 17.6 Å². The first-order valence-corrected chi connectivity index (χ1v) is 8.73. The lowest BCUT2D eigenvalue weighted by atomic mass is 9.92. The Balaban J connectivity index is 1.56. The second-order valence-corrected chi connectivity index (χ2v) is 6.41. The molecular formula is C20H23FN2O3. The third-order valence-corrected chi connectivity index (χ3v) is 4.50. The minimum Gasteiger partial charge on any atom is -0.489 e. The molecule has 0 radical (unpaired) electrons. The van der Waals surface area contributed by atoms with Crippen molar-refractivity contribution in [3.8, 4) is 5.75 Å². The van der Waals surface area contributed by atoms with Gasteiger partial charge >= 0.3 is 0 Å². The van der Waals surface area contributed by atoms with Crippen LogP contribution in [0.25, 0.3) is 0 Å². The van der Waals surface area contributed by atoms with E-state index in [0.717, 1.165) is 18.4 Å². The molecule has 5 nitrogen and oxygen atoms in total. The van der Waals surface area contributed by atoms with Crippen molar-refractivity contribution in [2.75, 3.05) is 18.5 Å². The number of carbonyl (C=O) groups is 1. The van der Waals surface area contributed by atoms with Crippen LogP contribution in [-0.4, -0.2) is 25.2 Å². The average molecular weight is 358 g/mol. The van der Waals surface area contributed by atoms with Crippen LogP contribution in [0.1, 0.15) is 18.4 Å². The Labute approximate surface area is 152 Å². The normalized spacial score (nSPS) is 16.1. The number of nitrogens with one attached hydrogen (secondary N) is 1. The van der Waals surface area contributed by atoms with Gasteiger partial charge in [0.25, 0.3) is 0 Å². The highest BCUT2D eigenvalue weighted by molar-refractivity contribution is 5.95. The zero-order valence-electron chi connectivity index (χ0n) is 14.5. The molecule has 2 aromatic carbocycles. The van der Waals surface area contributed by atoms with Gasteiger partial charge in [0.15, 0.2) is 0 Å². The summed E-state index contributed by atoms with van der Waals surface area (Å²) < 4.78 is 23.9. The first kappa shape index (κ1) is 18.4. The topological polar surface area (TPSA) is 73.6 Å². The molecule has 6 heteroatoms. The molecule has 1 unspecified atom stereocenters. The third kappa shape index (κ3) is 5.03. The Morgan fingerprint density at radius 1 is 1.23 bits per heavy atom. The number of hydrogen-bond acceptors (Lipinski definition) is 4. The fourth-order valence-corrected chi connectivity index (χ4v) is 2.93. The maximum atomic E-state index is 12.9. The number of anilines is 1. The Bertz CT molecular complexity index is 730. The molecule has 1 fully saturated rings. The number of benzene rings is 2. The van der Waals surface area contributed by atoms with Crippen LogP contribution in [0.3, 0.4) is 0 Å². The van der Waals surface area contributed by atoms with Gasteiger partial charge in [0.2, 0.25) is 5.91 Å². The second-order valence-electron chi connectivity index (χ2n) is 6.41. The molecule has 1 aliphatic heterocycles. The molecule has 1 atom stereocenters. The molecule has 1 heterocycles. The first-order valence-electron chi connectivity index (χ1n) is 8.73. The largest absolute Gasteiger partial charge is 0.489 e. The Kier molecular flexibility index (Phi) is 6.20. The molecule has 1 aliphatic rings. The molecule has 138 valence electrons. The van der Waals surface area contributed by atoms with Gasteiger partial charge in [-0.2, -0.15) is 0 Å². The van der Waals surface area contributed by atoms with E-state index in [1.165, 1.54) is 12.1 Å². The smallest absolute Gasteiger partial charge is 0.241 e. The maximum Gasteiger partial charge on any atom is 0.241 e. The van der Waals surface area contributed by atoms with Gasteiger partial charge in [0.05, 0.1) is 6.04 Å². The molecule has 0 spiro atoms. The van der Waals surface area contributed by atoms with Crippen LogP contribution in [0.2, 0.25) is 0 Å². The maximum absolute atomic E-state index is 12.9. The summed E-state index contributed by atoms with van der Waals surface area (Å²) in [5.74, 6) is 0.278. The van der Waals surface area contributed by atoms with E-state index in [0.29, 0.717) is 31.3 Å². The number of carbonyl (C=O) groups excluding carboxylic acids is 1. The lowest BCUT2D eigenvalue weighted by Crippen LogP contribution is -2.43. The van der Waals surface area contributed by atoms with Crippen molar-refractivity contribution < 1.29 is 18.7 Å². The zero-order chi connectivity index (χ0) is 18.4.